The van der Waals surface area contributed by atoms with Gasteiger partial charge in [-0.1, -0.05) is 180 Å². The maximum absolute atomic E-state index is 2.54. The van der Waals surface area contributed by atoms with Crippen molar-refractivity contribution < 1.29 is 21.5 Å². The minimum absolute atomic E-state index is 0. The molecule has 0 spiro atoms. The van der Waals surface area contributed by atoms with Crippen molar-refractivity contribution in [3.63, 3.8) is 0 Å². The molecule has 0 unspecified atom stereocenters. The van der Waals surface area contributed by atoms with Crippen LogP contribution in [0.25, 0.3) is 0 Å². The SMILES string of the molecule is CCCCCCCCCCCCCCCCc1cccc[n+]1CCCCCCCCCCCCCCCC.[Br-]. The van der Waals surface area contributed by atoms with Gasteiger partial charge in [0.05, 0.1) is 0 Å². The number of aromatic nitrogens is 1. The van der Waals surface area contributed by atoms with E-state index in [9.17, 15) is 0 Å². The summed E-state index contributed by atoms with van der Waals surface area (Å²) in [7, 11) is 0. The van der Waals surface area contributed by atoms with Crippen molar-refractivity contribution >= 4 is 0 Å². The summed E-state index contributed by atoms with van der Waals surface area (Å²) in [5.74, 6) is 0. The van der Waals surface area contributed by atoms with Crippen LogP contribution in [-0.2, 0) is 13.0 Å². The molecule has 0 bridgehead atoms. The molecule has 0 aliphatic carbocycles. The third-order valence-corrected chi connectivity index (χ3v) is 8.57. The highest BCUT2D eigenvalue weighted by Gasteiger charge is 2.08. The molecule has 0 amide bonds. The molecule has 1 aromatic heterocycles. The second-order valence-electron chi connectivity index (χ2n) is 12.3. The smallest absolute Gasteiger partial charge is 0.181 e. The Hall–Kier alpha value is -0.370. The van der Waals surface area contributed by atoms with E-state index in [0.717, 1.165) is 0 Å². The predicted octanol–water partition coefficient (Wildman–Crippen LogP) is 9.48. The number of hydrogen-bond acceptors (Lipinski definition) is 0. The van der Waals surface area contributed by atoms with Gasteiger partial charge in [0.25, 0.3) is 0 Å². The molecule has 0 aliphatic rings. The van der Waals surface area contributed by atoms with Gasteiger partial charge in [0, 0.05) is 25.0 Å². The Morgan fingerprint density at radius 3 is 1.13 bits per heavy atom. The van der Waals surface area contributed by atoms with Gasteiger partial charge in [-0.25, -0.2) is 4.57 Å². The summed E-state index contributed by atoms with van der Waals surface area (Å²) in [6, 6.07) is 6.82. The number of pyridine rings is 1. The summed E-state index contributed by atoms with van der Waals surface area (Å²) in [5, 5.41) is 0. The Morgan fingerprint density at radius 2 is 0.744 bits per heavy atom. The highest BCUT2D eigenvalue weighted by Crippen LogP contribution is 2.15. The van der Waals surface area contributed by atoms with Gasteiger partial charge in [-0.3, -0.25) is 0 Å². The highest BCUT2D eigenvalue weighted by atomic mass is 79.9. The van der Waals surface area contributed by atoms with Crippen LogP contribution in [0.15, 0.2) is 24.4 Å². The van der Waals surface area contributed by atoms with E-state index in [1.807, 2.05) is 0 Å². The van der Waals surface area contributed by atoms with Crippen molar-refractivity contribution in [2.45, 2.75) is 207 Å². The molecule has 0 aliphatic heterocycles. The fourth-order valence-electron chi connectivity index (χ4n) is 5.93. The maximum atomic E-state index is 2.54. The Bertz CT molecular complexity index is 536. The van der Waals surface area contributed by atoms with E-state index in [4.69, 9.17) is 0 Å². The van der Waals surface area contributed by atoms with Crippen LogP contribution < -0.4 is 21.5 Å². The Balaban J connectivity index is 0.0000144. The third kappa shape index (κ3) is 26.3. The summed E-state index contributed by atoms with van der Waals surface area (Å²) in [6.45, 7) is 5.83. The van der Waals surface area contributed by atoms with Gasteiger partial charge in [-0.15, -0.1) is 0 Å². The van der Waals surface area contributed by atoms with Crippen molar-refractivity contribution in [3.05, 3.63) is 30.1 Å². The van der Waals surface area contributed by atoms with Crippen LogP contribution in [0.1, 0.15) is 199 Å². The second kappa shape index (κ2) is 32.1. The van der Waals surface area contributed by atoms with E-state index in [-0.39, 0.29) is 17.0 Å². The maximum Gasteiger partial charge on any atom is 0.181 e. The van der Waals surface area contributed by atoms with Gasteiger partial charge in [-0.2, -0.15) is 0 Å². The number of rotatable bonds is 30. The van der Waals surface area contributed by atoms with Gasteiger partial charge in [0.15, 0.2) is 11.9 Å². The minimum Gasteiger partial charge on any atom is -1.00 e. The first-order chi connectivity index (χ1) is 18.9. The van der Waals surface area contributed by atoms with E-state index in [1.54, 1.807) is 5.69 Å². The average molecular weight is 609 g/mol. The number of halogens is 1. The van der Waals surface area contributed by atoms with Crippen LogP contribution >= 0.6 is 0 Å². The first-order valence-electron chi connectivity index (χ1n) is 17.9. The summed E-state index contributed by atoms with van der Waals surface area (Å²) in [5.41, 5.74) is 1.56. The number of hydrogen-bond donors (Lipinski definition) is 0. The highest BCUT2D eigenvalue weighted by molar-refractivity contribution is 4.97. The molecule has 0 N–H and O–H groups in total. The quantitative estimate of drug-likeness (QED) is 0.0605. The average Bonchev–Trinajstić information content (AvgIpc) is 2.94. The Labute approximate surface area is 257 Å². The molecule has 0 fully saturated rings. The fourth-order valence-corrected chi connectivity index (χ4v) is 5.93. The lowest BCUT2D eigenvalue weighted by atomic mass is 10.0. The first-order valence-corrected chi connectivity index (χ1v) is 17.9. The van der Waals surface area contributed by atoms with E-state index in [2.05, 4.69) is 42.8 Å². The molecule has 0 radical (unpaired) electrons. The van der Waals surface area contributed by atoms with E-state index < -0.39 is 0 Å². The standard InChI is InChI=1S/C37H70N.BrH/c1-3-5-7-9-11-13-15-17-19-21-23-25-27-29-33-37-34-30-32-36-38(37)35-31-28-26-24-22-20-18-16-14-12-10-8-6-4-2;/h30,32,34,36H,3-29,31,33,35H2,1-2H3;1H/q+1;/p-1. The topological polar surface area (TPSA) is 3.88 Å². The van der Waals surface area contributed by atoms with E-state index >= 15 is 0 Å². The third-order valence-electron chi connectivity index (χ3n) is 8.57. The van der Waals surface area contributed by atoms with Gasteiger partial charge in [0.1, 0.15) is 6.54 Å². The van der Waals surface area contributed by atoms with Gasteiger partial charge < -0.3 is 17.0 Å². The molecule has 0 atom stereocenters. The molecule has 1 aromatic rings. The lowest BCUT2D eigenvalue weighted by Gasteiger charge is -2.06. The summed E-state index contributed by atoms with van der Waals surface area (Å²) in [6.07, 6.45) is 43.9. The molecule has 0 saturated carbocycles. The van der Waals surface area contributed by atoms with E-state index in [0.29, 0.717) is 0 Å². The normalized spacial score (nSPS) is 11.1. The van der Waals surface area contributed by atoms with Crippen molar-refractivity contribution in [1.82, 2.24) is 0 Å². The van der Waals surface area contributed by atoms with Crippen molar-refractivity contribution in [3.8, 4) is 0 Å². The van der Waals surface area contributed by atoms with Crippen molar-refractivity contribution in [2.75, 3.05) is 0 Å². The van der Waals surface area contributed by atoms with Gasteiger partial charge >= 0.3 is 0 Å². The molecule has 39 heavy (non-hydrogen) atoms. The second-order valence-corrected chi connectivity index (χ2v) is 12.3. The summed E-state index contributed by atoms with van der Waals surface area (Å²) in [4.78, 5) is 0. The van der Waals surface area contributed by atoms with Crippen LogP contribution in [0.3, 0.4) is 0 Å². The number of nitrogens with zero attached hydrogens (tertiary/aromatic N) is 1. The molecule has 1 nitrogen and oxygen atoms in total. The van der Waals surface area contributed by atoms with Gasteiger partial charge in [0.2, 0.25) is 0 Å². The largest absolute Gasteiger partial charge is 1.00 e. The molecular weight excluding hydrogens is 538 g/mol. The molecule has 1 rings (SSSR count). The number of aryl methyl sites for hydroxylation is 2. The van der Waals surface area contributed by atoms with Crippen LogP contribution in [-0.4, -0.2) is 0 Å². The van der Waals surface area contributed by atoms with E-state index in [1.165, 1.54) is 193 Å². The first kappa shape index (κ1) is 38.6. The van der Waals surface area contributed by atoms with Crippen LogP contribution in [0.5, 0.6) is 0 Å². The summed E-state index contributed by atoms with van der Waals surface area (Å²) >= 11 is 0. The fraction of sp³-hybridized carbons (Fsp3) is 0.865. The molecule has 1 heterocycles. The molecule has 2 heteroatoms. The zero-order valence-corrected chi connectivity index (χ0v) is 28.4. The molecule has 0 saturated heterocycles. The minimum atomic E-state index is 0. The predicted molar refractivity (Wildman–Crippen MR) is 171 cm³/mol. The number of unbranched alkanes of at least 4 members (excludes halogenated alkanes) is 26. The van der Waals surface area contributed by atoms with Crippen LogP contribution in [0.4, 0.5) is 0 Å². The van der Waals surface area contributed by atoms with Crippen molar-refractivity contribution in [1.29, 1.82) is 0 Å². The lowest BCUT2D eigenvalue weighted by molar-refractivity contribution is -0.704. The Kier molecular flexibility index (Phi) is 31.8. The monoisotopic (exact) mass is 607 g/mol. The van der Waals surface area contributed by atoms with Crippen LogP contribution in [0, 0.1) is 0 Å². The zero-order valence-electron chi connectivity index (χ0n) is 26.8. The molecular formula is C37H70BrN. The summed E-state index contributed by atoms with van der Waals surface area (Å²) < 4.78 is 2.54. The lowest BCUT2D eigenvalue weighted by Crippen LogP contribution is -3.00. The molecule has 230 valence electrons. The van der Waals surface area contributed by atoms with Crippen molar-refractivity contribution in [2.24, 2.45) is 0 Å². The molecule has 0 aromatic carbocycles. The van der Waals surface area contributed by atoms with Gasteiger partial charge in [-0.05, 0) is 12.8 Å². The zero-order chi connectivity index (χ0) is 27.2. The Morgan fingerprint density at radius 1 is 0.410 bits per heavy atom. The van der Waals surface area contributed by atoms with Crippen LogP contribution in [0.2, 0.25) is 0 Å².